The summed E-state index contributed by atoms with van der Waals surface area (Å²) in [6.45, 7) is 1.77. The fourth-order valence-corrected chi connectivity index (χ4v) is 2.08. The van der Waals surface area contributed by atoms with Crippen molar-refractivity contribution in [2.45, 2.75) is 13.0 Å². The number of halogens is 1. The summed E-state index contributed by atoms with van der Waals surface area (Å²) in [6.07, 6.45) is 5.14. The number of nitrogens with one attached hydrogen (secondary N) is 1. The molecule has 0 aliphatic carbocycles. The highest BCUT2D eigenvalue weighted by Gasteiger charge is 2.08. The number of hydrogen-bond acceptors (Lipinski definition) is 2. The molecule has 1 unspecified atom stereocenters. The molecule has 0 bridgehead atoms. The lowest BCUT2D eigenvalue weighted by atomic mass is 10.3. The molecule has 0 saturated heterocycles. The molecule has 0 radical (unpaired) electrons. The van der Waals surface area contributed by atoms with Gasteiger partial charge in [0, 0.05) is 5.38 Å². The molecule has 1 amide bonds. The first kappa shape index (κ1) is 10.5. The third kappa shape index (κ3) is 3.01. The van der Waals surface area contributed by atoms with E-state index in [1.54, 1.807) is 18.3 Å². The van der Waals surface area contributed by atoms with Crippen LogP contribution in [0.1, 0.15) is 17.3 Å². The lowest BCUT2D eigenvalue weighted by molar-refractivity contribution is 0.0948. The maximum Gasteiger partial charge on any atom is 0.253 e. The van der Waals surface area contributed by atoms with Crippen molar-refractivity contribution >= 4 is 39.8 Å². The number of carbonyl (C=O) groups excluding carboxylic acids is 1. The fourth-order valence-electron chi connectivity index (χ4n) is 0.751. The van der Waals surface area contributed by atoms with E-state index in [9.17, 15) is 4.79 Å². The Balaban J connectivity index is 2.65. The molecule has 1 N–H and O–H groups in total. The summed E-state index contributed by atoms with van der Waals surface area (Å²) in [7, 11) is 0. The molecule has 0 saturated carbocycles. The van der Waals surface area contributed by atoms with Gasteiger partial charge in [0.1, 0.15) is 0 Å². The average molecular weight is 305 g/mol. The molecule has 4 heteroatoms. The molecule has 0 spiro atoms. The van der Waals surface area contributed by atoms with Crippen molar-refractivity contribution in [3.05, 3.63) is 19.9 Å². The first-order valence-electron chi connectivity index (χ1n) is 3.64. The fraction of sp³-hybridized carbons (Fsp3) is 0.222. The summed E-state index contributed by atoms with van der Waals surface area (Å²) in [6, 6.07) is 1.62. The van der Waals surface area contributed by atoms with Gasteiger partial charge in [0.25, 0.3) is 5.91 Å². The molecule has 2 nitrogen and oxygen atoms in total. The van der Waals surface area contributed by atoms with E-state index >= 15 is 0 Å². The smallest absolute Gasteiger partial charge is 0.253 e. The number of rotatable bonds is 2. The minimum Gasteiger partial charge on any atom is -0.339 e. The Morgan fingerprint density at radius 2 is 2.54 bits per heavy atom. The average Bonchev–Trinajstić information content (AvgIpc) is 2.51. The van der Waals surface area contributed by atoms with Crippen molar-refractivity contribution in [2.24, 2.45) is 0 Å². The predicted octanol–water partition coefficient (Wildman–Crippen LogP) is 2.10. The molecule has 1 rings (SSSR count). The Morgan fingerprint density at radius 3 is 3.00 bits per heavy atom. The van der Waals surface area contributed by atoms with E-state index in [0.29, 0.717) is 5.56 Å². The quantitative estimate of drug-likeness (QED) is 0.658. The first-order valence-corrected chi connectivity index (χ1v) is 5.60. The van der Waals surface area contributed by atoms with Crippen LogP contribution in [0.25, 0.3) is 0 Å². The molecule has 1 heterocycles. The second-order valence-electron chi connectivity index (χ2n) is 2.50. The molecule has 0 aliphatic rings. The Hall–Kier alpha value is -0.540. The van der Waals surface area contributed by atoms with Gasteiger partial charge in [0.05, 0.1) is 14.5 Å². The number of hydrogen-bond donors (Lipinski definition) is 1. The zero-order valence-electron chi connectivity index (χ0n) is 7.00. The summed E-state index contributed by atoms with van der Waals surface area (Å²) in [5, 5.41) is 4.51. The largest absolute Gasteiger partial charge is 0.339 e. The summed E-state index contributed by atoms with van der Waals surface area (Å²) < 4.78 is 1.09. The summed E-state index contributed by atoms with van der Waals surface area (Å²) in [5.41, 5.74) is 0.677. The van der Waals surface area contributed by atoms with Crippen molar-refractivity contribution in [2.75, 3.05) is 0 Å². The van der Waals surface area contributed by atoms with Crippen LogP contribution in [-0.2, 0) is 0 Å². The van der Waals surface area contributed by atoms with Gasteiger partial charge < -0.3 is 5.32 Å². The minimum absolute atomic E-state index is 0.107. The van der Waals surface area contributed by atoms with Crippen LogP contribution in [0.4, 0.5) is 0 Å². The van der Waals surface area contributed by atoms with E-state index in [-0.39, 0.29) is 11.9 Å². The third-order valence-electron chi connectivity index (χ3n) is 1.43. The highest BCUT2D eigenvalue weighted by Crippen LogP contribution is 2.16. The van der Waals surface area contributed by atoms with Gasteiger partial charge in [-0.2, -0.15) is 0 Å². The lowest BCUT2D eigenvalue weighted by Gasteiger charge is -2.05. The van der Waals surface area contributed by atoms with Crippen LogP contribution >= 0.6 is 33.9 Å². The standard InChI is InChI=1S/C9H8INOS/c1-3-6(2)11-9(12)7-4-8(10)13-5-7/h1,4-6H,2H3,(H,11,12). The molecule has 68 valence electrons. The summed E-state index contributed by atoms with van der Waals surface area (Å²) >= 11 is 3.72. The monoisotopic (exact) mass is 305 g/mol. The zero-order chi connectivity index (χ0) is 9.84. The van der Waals surface area contributed by atoms with Crippen LogP contribution in [0.15, 0.2) is 11.4 Å². The third-order valence-corrected chi connectivity index (χ3v) is 3.22. The van der Waals surface area contributed by atoms with Gasteiger partial charge in [0.15, 0.2) is 0 Å². The van der Waals surface area contributed by atoms with Crippen LogP contribution in [0, 0.1) is 15.2 Å². The lowest BCUT2D eigenvalue weighted by Crippen LogP contribution is -2.30. The molecule has 0 fully saturated rings. The zero-order valence-corrected chi connectivity index (χ0v) is 9.98. The van der Waals surface area contributed by atoms with Gasteiger partial charge in [-0.25, -0.2) is 0 Å². The predicted molar refractivity (Wildman–Crippen MR) is 62.8 cm³/mol. The molecular formula is C9H8INOS. The summed E-state index contributed by atoms with van der Waals surface area (Å²) in [5.74, 6) is 2.34. The normalized spacial score (nSPS) is 11.8. The van der Waals surface area contributed by atoms with Crippen molar-refractivity contribution in [3.8, 4) is 12.3 Å². The van der Waals surface area contributed by atoms with Crippen LogP contribution in [0.3, 0.4) is 0 Å². The Morgan fingerprint density at radius 1 is 1.85 bits per heavy atom. The Labute approximate surface area is 94.9 Å². The highest BCUT2D eigenvalue weighted by atomic mass is 127. The van der Waals surface area contributed by atoms with E-state index < -0.39 is 0 Å². The van der Waals surface area contributed by atoms with Crippen molar-refractivity contribution in [1.82, 2.24) is 5.32 Å². The second-order valence-corrected chi connectivity index (χ2v) is 5.31. The number of carbonyl (C=O) groups is 1. The SMILES string of the molecule is C#CC(C)NC(=O)c1csc(I)c1. The van der Waals surface area contributed by atoms with Gasteiger partial charge in [-0.15, -0.1) is 17.8 Å². The first-order chi connectivity index (χ1) is 6.13. The topological polar surface area (TPSA) is 29.1 Å². The van der Waals surface area contributed by atoms with Gasteiger partial charge in [0.2, 0.25) is 0 Å². The van der Waals surface area contributed by atoms with Crippen LogP contribution in [0.5, 0.6) is 0 Å². The Kier molecular flexibility index (Phi) is 3.75. The van der Waals surface area contributed by atoms with Crippen LogP contribution < -0.4 is 5.32 Å². The second kappa shape index (κ2) is 4.63. The van der Waals surface area contributed by atoms with Crippen molar-refractivity contribution < 1.29 is 4.79 Å². The van der Waals surface area contributed by atoms with Crippen molar-refractivity contribution in [3.63, 3.8) is 0 Å². The molecular weight excluding hydrogens is 297 g/mol. The number of thiophene rings is 1. The molecule has 13 heavy (non-hydrogen) atoms. The summed E-state index contributed by atoms with van der Waals surface area (Å²) in [4.78, 5) is 11.4. The van der Waals surface area contributed by atoms with Crippen LogP contribution in [-0.4, -0.2) is 11.9 Å². The van der Waals surface area contributed by atoms with E-state index in [1.807, 2.05) is 11.4 Å². The highest BCUT2D eigenvalue weighted by molar-refractivity contribution is 14.1. The van der Waals surface area contributed by atoms with Gasteiger partial charge >= 0.3 is 0 Å². The number of amides is 1. The molecule has 0 aliphatic heterocycles. The van der Waals surface area contributed by atoms with Crippen molar-refractivity contribution in [1.29, 1.82) is 0 Å². The van der Waals surface area contributed by atoms with E-state index in [1.165, 1.54) is 0 Å². The molecule has 1 aromatic rings. The molecule has 1 atom stereocenters. The van der Waals surface area contributed by atoms with E-state index in [0.717, 1.165) is 2.88 Å². The minimum atomic E-state index is -0.218. The van der Waals surface area contributed by atoms with Gasteiger partial charge in [-0.3, -0.25) is 4.79 Å². The maximum atomic E-state index is 11.4. The molecule has 1 aromatic heterocycles. The van der Waals surface area contributed by atoms with Gasteiger partial charge in [-0.05, 0) is 35.6 Å². The van der Waals surface area contributed by atoms with E-state index in [4.69, 9.17) is 6.42 Å². The molecule has 0 aromatic carbocycles. The number of terminal acetylenes is 1. The van der Waals surface area contributed by atoms with Gasteiger partial charge in [-0.1, -0.05) is 5.92 Å². The Bertz CT molecular complexity index is 353. The van der Waals surface area contributed by atoms with E-state index in [2.05, 4.69) is 33.8 Å². The maximum absolute atomic E-state index is 11.4. The van der Waals surface area contributed by atoms with Crippen LogP contribution in [0.2, 0.25) is 0 Å².